The molecule has 2 aliphatic rings. The number of ether oxygens (including phenoxy) is 3. The highest BCUT2D eigenvalue weighted by Crippen LogP contribution is 2.32. The first-order chi connectivity index (χ1) is 14.5. The lowest BCUT2D eigenvalue weighted by atomic mass is 10.2. The summed E-state index contributed by atoms with van der Waals surface area (Å²) in [6, 6.07) is 11.6. The number of nitrogens with one attached hydrogen (secondary N) is 1. The molecule has 0 spiro atoms. The van der Waals surface area contributed by atoms with Crippen LogP contribution in [0.1, 0.15) is 5.56 Å². The van der Waals surface area contributed by atoms with Gasteiger partial charge in [0.2, 0.25) is 15.9 Å². The Morgan fingerprint density at radius 3 is 2.37 bits per heavy atom. The Morgan fingerprint density at radius 2 is 1.63 bits per heavy atom. The number of sulfonamides is 1. The molecule has 158 valence electrons. The van der Waals surface area contributed by atoms with Crippen LogP contribution in [0.2, 0.25) is 0 Å². The highest BCUT2D eigenvalue weighted by Gasteiger charge is 2.25. The van der Waals surface area contributed by atoms with Gasteiger partial charge in [0.15, 0.2) is 11.5 Å². The van der Waals surface area contributed by atoms with Crippen molar-refractivity contribution in [3.8, 4) is 11.5 Å². The molecule has 1 amide bonds. The monoisotopic (exact) mass is 430 g/mol. The largest absolute Gasteiger partial charge is 0.486 e. The Morgan fingerprint density at radius 1 is 0.933 bits per heavy atom. The van der Waals surface area contributed by atoms with Crippen molar-refractivity contribution in [3.63, 3.8) is 0 Å². The van der Waals surface area contributed by atoms with Crippen molar-refractivity contribution in [1.29, 1.82) is 0 Å². The molecule has 0 atom stereocenters. The number of morpholine rings is 1. The number of carbonyl (C=O) groups is 1. The summed E-state index contributed by atoms with van der Waals surface area (Å²) in [4.78, 5) is 12.4. The predicted octanol–water partition coefficient (Wildman–Crippen LogP) is 2.13. The van der Waals surface area contributed by atoms with Crippen LogP contribution < -0.4 is 14.8 Å². The van der Waals surface area contributed by atoms with Gasteiger partial charge in [-0.25, -0.2) is 8.42 Å². The zero-order valence-corrected chi connectivity index (χ0v) is 17.1. The minimum absolute atomic E-state index is 0.224. The highest BCUT2D eigenvalue weighted by molar-refractivity contribution is 7.89. The fourth-order valence-electron chi connectivity index (χ4n) is 3.16. The number of hydrogen-bond donors (Lipinski definition) is 1. The van der Waals surface area contributed by atoms with Crippen LogP contribution in [0.5, 0.6) is 11.5 Å². The van der Waals surface area contributed by atoms with Gasteiger partial charge in [0.25, 0.3) is 0 Å². The van der Waals surface area contributed by atoms with E-state index in [1.165, 1.54) is 10.4 Å². The normalized spacial score (nSPS) is 17.1. The smallest absolute Gasteiger partial charge is 0.248 e. The third-order valence-corrected chi connectivity index (χ3v) is 6.64. The topological polar surface area (TPSA) is 94.2 Å². The van der Waals surface area contributed by atoms with Crippen LogP contribution in [0, 0.1) is 0 Å². The van der Waals surface area contributed by atoms with Gasteiger partial charge in [-0.1, -0.05) is 12.1 Å². The van der Waals surface area contributed by atoms with Crippen LogP contribution in [0.4, 0.5) is 5.69 Å². The van der Waals surface area contributed by atoms with Gasteiger partial charge in [-0.05, 0) is 35.9 Å². The van der Waals surface area contributed by atoms with E-state index in [1.807, 2.05) is 0 Å². The number of nitrogens with zero attached hydrogens (tertiary/aromatic N) is 1. The number of amides is 1. The first kappa shape index (κ1) is 20.4. The lowest BCUT2D eigenvalue weighted by molar-refractivity contribution is -0.111. The molecule has 0 bridgehead atoms. The number of hydrogen-bond acceptors (Lipinski definition) is 6. The summed E-state index contributed by atoms with van der Waals surface area (Å²) >= 11 is 0. The molecule has 2 heterocycles. The molecule has 2 aromatic rings. The molecule has 30 heavy (non-hydrogen) atoms. The molecule has 0 radical (unpaired) electrons. The minimum atomic E-state index is -3.53. The molecule has 0 aliphatic carbocycles. The fourth-order valence-corrected chi connectivity index (χ4v) is 4.57. The number of carbonyl (C=O) groups excluding carboxylic acids is 1. The summed E-state index contributed by atoms with van der Waals surface area (Å²) in [5.74, 6) is 0.943. The number of fused-ring (bicyclic) bond motifs is 1. The predicted molar refractivity (Wildman–Crippen MR) is 111 cm³/mol. The van der Waals surface area contributed by atoms with Gasteiger partial charge in [-0.2, -0.15) is 4.31 Å². The van der Waals surface area contributed by atoms with Crippen molar-refractivity contribution in [2.75, 3.05) is 44.8 Å². The van der Waals surface area contributed by atoms with Crippen LogP contribution in [0.15, 0.2) is 53.4 Å². The van der Waals surface area contributed by atoms with E-state index in [4.69, 9.17) is 14.2 Å². The molecule has 1 fully saturated rings. The van der Waals surface area contributed by atoms with E-state index < -0.39 is 10.0 Å². The fraction of sp³-hybridized carbons (Fsp3) is 0.286. The SMILES string of the molecule is O=C(C=Cc1ccc(S(=O)(=O)N2CCOCC2)cc1)Nc1ccc2c(c1)OCCO2. The van der Waals surface area contributed by atoms with Gasteiger partial charge in [0, 0.05) is 30.9 Å². The Kier molecular flexibility index (Phi) is 6.03. The molecule has 9 heteroatoms. The number of rotatable bonds is 5. The van der Waals surface area contributed by atoms with Crippen LogP contribution in [-0.2, 0) is 19.6 Å². The third kappa shape index (κ3) is 4.64. The average molecular weight is 430 g/mol. The summed E-state index contributed by atoms with van der Waals surface area (Å²) in [7, 11) is -3.53. The van der Waals surface area contributed by atoms with Crippen molar-refractivity contribution in [2.45, 2.75) is 4.90 Å². The molecule has 4 rings (SSSR count). The summed E-state index contributed by atoms with van der Waals surface area (Å²) < 4.78 is 42.9. The third-order valence-electron chi connectivity index (χ3n) is 4.72. The lowest BCUT2D eigenvalue weighted by Gasteiger charge is -2.26. The second-order valence-electron chi connectivity index (χ2n) is 6.77. The van der Waals surface area contributed by atoms with Crippen LogP contribution in [-0.4, -0.2) is 58.1 Å². The van der Waals surface area contributed by atoms with Gasteiger partial charge in [-0.3, -0.25) is 4.79 Å². The molecule has 8 nitrogen and oxygen atoms in total. The maximum atomic E-state index is 12.6. The molecule has 0 aromatic heterocycles. The van der Waals surface area contributed by atoms with E-state index in [2.05, 4.69) is 5.32 Å². The first-order valence-electron chi connectivity index (χ1n) is 9.59. The van der Waals surface area contributed by atoms with Gasteiger partial charge in [0.05, 0.1) is 18.1 Å². The molecule has 0 saturated carbocycles. The molecule has 1 saturated heterocycles. The average Bonchev–Trinajstić information content (AvgIpc) is 2.78. The molecule has 2 aliphatic heterocycles. The van der Waals surface area contributed by atoms with E-state index in [0.717, 1.165) is 0 Å². The summed E-state index contributed by atoms with van der Waals surface area (Å²) in [5, 5.41) is 2.77. The molecular formula is C21H22N2O6S. The van der Waals surface area contributed by atoms with E-state index in [-0.39, 0.29) is 10.8 Å². The Hall–Kier alpha value is -2.88. The van der Waals surface area contributed by atoms with Crippen LogP contribution in [0.3, 0.4) is 0 Å². The van der Waals surface area contributed by atoms with Crippen LogP contribution in [0.25, 0.3) is 6.08 Å². The molecule has 2 aromatic carbocycles. The maximum Gasteiger partial charge on any atom is 0.248 e. The van der Waals surface area contributed by atoms with E-state index >= 15 is 0 Å². The number of anilines is 1. The zero-order chi connectivity index (χ0) is 21.0. The maximum absolute atomic E-state index is 12.6. The molecular weight excluding hydrogens is 408 g/mol. The second kappa shape index (κ2) is 8.86. The number of benzene rings is 2. The molecule has 0 unspecified atom stereocenters. The van der Waals surface area contributed by atoms with Crippen molar-refractivity contribution in [2.24, 2.45) is 0 Å². The van der Waals surface area contributed by atoms with Crippen molar-refractivity contribution >= 4 is 27.7 Å². The van der Waals surface area contributed by atoms with Gasteiger partial charge in [0.1, 0.15) is 13.2 Å². The van der Waals surface area contributed by atoms with Crippen molar-refractivity contribution < 1.29 is 27.4 Å². The standard InChI is InChI=1S/C21H22N2O6S/c24-21(22-17-4-7-19-20(15-17)29-14-13-28-19)8-3-16-1-5-18(6-2-16)30(25,26)23-9-11-27-12-10-23/h1-8,15H,9-14H2,(H,22,24). The zero-order valence-electron chi connectivity index (χ0n) is 16.2. The molecule has 1 N–H and O–H groups in total. The van der Waals surface area contributed by atoms with Crippen molar-refractivity contribution in [3.05, 3.63) is 54.1 Å². The highest BCUT2D eigenvalue weighted by atomic mass is 32.2. The summed E-state index contributed by atoms with van der Waals surface area (Å²) in [6.45, 7) is 2.49. The Labute approximate surface area is 175 Å². The first-order valence-corrected chi connectivity index (χ1v) is 11.0. The Balaban J connectivity index is 1.38. The van der Waals surface area contributed by atoms with E-state index in [0.29, 0.717) is 62.3 Å². The van der Waals surface area contributed by atoms with Crippen molar-refractivity contribution in [1.82, 2.24) is 4.31 Å². The minimum Gasteiger partial charge on any atom is -0.486 e. The van der Waals surface area contributed by atoms with Gasteiger partial charge >= 0.3 is 0 Å². The van der Waals surface area contributed by atoms with E-state index in [9.17, 15) is 13.2 Å². The van der Waals surface area contributed by atoms with Gasteiger partial charge in [-0.15, -0.1) is 0 Å². The van der Waals surface area contributed by atoms with Gasteiger partial charge < -0.3 is 19.5 Å². The van der Waals surface area contributed by atoms with Crippen LogP contribution >= 0.6 is 0 Å². The Bertz CT molecular complexity index is 1040. The van der Waals surface area contributed by atoms with E-state index in [1.54, 1.807) is 48.5 Å². The lowest BCUT2D eigenvalue weighted by Crippen LogP contribution is -2.40. The second-order valence-corrected chi connectivity index (χ2v) is 8.70. The summed E-state index contributed by atoms with van der Waals surface area (Å²) in [6.07, 6.45) is 3.01. The quantitative estimate of drug-likeness (QED) is 0.731. The summed E-state index contributed by atoms with van der Waals surface area (Å²) in [5.41, 5.74) is 1.31.